The van der Waals surface area contributed by atoms with Crippen LogP contribution in [0.2, 0.25) is 0 Å². The molecule has 0 bridgehead atoms. The molecule has 0 atom stereocenters. The summed E-state index contributed by atoms with van der Waals surface area (Å²) in [6.45, 7) is 0.374. The fraction of sp³-hybridized carbons (Fsp3) is 0.154. The van der Waals surface area contributed by atoms with Crippen molar-refractivity contribution in [2.24, 2.45) is 7.05 Å². The van der Waals surface area contributed by atoms with Crippen molar-refractivity contribution in [2.75, 3.05) is 5.73 Å². The Labute approximate surface area is 114 Å². The van der Waals surface area contributed by atoms with Gasteiger partial charge in [0.25, 0.3) is 0 Å². The van der Waals surface area contributed by atoms with Crippen LogP contribution in [0.5, 0.6) is 0 Å². The normalized spacial score (nSPS) is 11.1. The van der Waals surface area contributed by atoms with Crippen LogP contribution in [0.25, 0.3) is 10.9 Å². The lowest BCUT2D eigenvalue weighted by molar-refractivity contribution is 0.0690. The smallest absolute Gasteiger partial charge is 0.358 e. The third-order valence-electron chi connectivity index (χ3n) is 3.14. The van der Waals surface area contributed by atoms with Gasteiger partial charge in [-0.2, -0.15) is 10.2 Å². The molecular formula is C13H13N5O2. The summed E-state index contributed by atoms with van der Waals surface area (Å²) in [6.07, 6.45) is 1.51. The standard InChI is InChI=1S/C13H13N5O2/c1-17-11-5-3-2-4-8(11)10(15-17)7-18-6-9(14)12(16-18)13(19)20/h2-6H,7,14H2,1H3,(H,19,20). The summed E-state index contributed by atoms with van der Waals surface area (Å²) >= 11 is 0. The quantitative estimate of drug-likeness (QED) is 0.743. The van der Waals surface area contributed by atoms with Gasteiger partial charge in [0.2, 0.25) is 0 Å². The minimum Gasteiger partial charge on any atom is -0.476 e. The molecule has 0 unspecified atom stereocenters. The van der Waals surface area contributed by atoms with Gasteiger partial charge < -0.3 is 10.8 Å². The van der Waals surface area contributed by atoms with Gasteiger partial charge in [-0.3, -0.25) is 9.36 Å². The number of carbonyl (C=O) groups is 1. The molecule has 0 aliphatic heterocycles. The number of aromatic carboxylic acids is 1. The molecule has 20 heavy (non-hydrogen) atoms. The summed E-state index contributed by atoms with van der Waals surface area (Å²) in [5, 5.41) is 18.4. The fourth-order valence-corrected chi connectivity index (χ4v) is 2.24. The van der Waals surface area contributed by atoms with Gasteiger partial charge in [0, 0.05) is 18.6 Å². The molecule has 3 aromatic rings. The number of fused-ring (bicyclic) bond motifs is 1. The second-order valence-corrected chi connectivity index (χ2v) is 4.52. The summed E-state index contributed by atoms with van der Waals surface area (Å²) in [5.74, 6) is -1.13. The van der Waals surface area contributed by atoms with Crippen LogP contribution in [0.15, 0.2) is 30.5 Å². The zero-order valence-electron chi connectivity index (χ0n) is 10.8. The second kappa shape index (κ2) is 4.37. The van der Waals surface area contributed by atoms with Crippen LogP contribution in [0.4, 0.5) is 5.69 Å². The van der Waals surface area contributed by atoms with Crippen molar-refractivity contribution >= 4 is 22.6 Å². The average Bonchev–Trinajstić information content (AvgIpc) is 2.92. The van der Waals surface area contributed by atoms with Gasteiger partial charge in [0.15, 0.2) is 5.69 Å². The molecule has 0 radical (unpaired) electrons. The van der Waals surface area contributed by atoms with Crippen molar-refractivity contribution in [3.8, 4) is 0 Å². The Morgan fingerprint density at radius 3 is 2.80 bits per heavy atom. The van der Waals surface area contributed by atoms with E-state index >= 15 is 0 Å². The summed E-state index contributed by atoms with van der Waals surface area (Å²) in [4.78, 5) is 10.9. The first-order chi connectivity index (χ1) is 9.56. The molecule has 2 aromatic heterocycles. The number of hydrogen-bond donors (Lipinski definition) is 2. The number of aryl methyl sites for hydroxylation is 1. The molecule has 3 N–H and O–H groups in total. The Balaban J connectivity index is 2.01. The highest BCUT2D eigenvalue weighted by atomic mass is 16.4. The van der Waals surface area contributed by atoms with Crippen LogP contribution in [-0.2, 0) is 13.6 Å². The number of nitrogens with two attached hydrogens (primary N) is 1. The molecule has 0 aliphatic rings. The predicted octanol–water partition coefficient (Wildman–Crippen LogP) is 1.10. The number of nitrogens with zero attached hydrogens (tertiary/aromatic N) is 4. The third kappa shape index (κ3) is 1.89. The molecule has 1 aromatic carbocycles. The number of nitrogen functional groups attached to an aromatic ring is 1. The Morgan fingerprint density at radius 2 is 2.10 bits per heavy atom. The maximum absolute atomic E-state index is 10.9. The minimum absolute atomic E-state index is 0.134. The lowest BCUT2D eigenvalue weighted by Gasteiger charge is -1.97. The maximum Gasteiger partial charge on any atom is 0.358 e. The van der Waals surface area contributed by atoms with Crippen molar-refractivity contribution < 1.29 is 9.90 Å². The number of carboxylic acids is 1. The van der Waals surface area contributed by atoms with E-state index in [0.29, 0.717) is 6.54 Å². The molecule has 0 amide bonds. The monoisotopic (exact) mass is 271 g/mol. The zero-order chi connectivity index (χ0) is 14.3. The second-order valence-electron chi connectivity index (χ2n) is 4.52. The first-order valence-electron chi connectivity index (χ1n) is 6.03. The fourth-order valence-electron chi connectivity index (χ4n) is 2.24. The van der Waals surface area contributed by atoms with Gasteiger partial charge in [0.05, 0.1) is 23.4 Å². The molecule has 2 heterocycles. The molecule has 0 saturated heterocycles. The number of anilines is 1. The van der Waals surface area contributed by atoms with Crippen LogP contribution in [0.3, 0.4) is 0 Å². The summed E-state index contributed by atoms with van der Waals surface area (Å²) in [7, 11) is 1.87. The largest absolute Gasteiger partial charge is 0.476 e. The predicted molar refractivity (Wildman–Crippen MR) is 73.4 cm³/mol. The first kappa shape index (κ1) is 12.2. The van der Waals surface area contributed by atoms with Gasteiger partial charge in [-0.1, -0.05) is 18.2 Å². The summed E-state index contributed by atoms with van der Waals surface area (Å²) < 4.78 is 3.28. The van der Waals surface area contributed by atoms with Crippen molar-refractivity contribution in [2.45, 2.75) is 6.54 Å². The van der Waals surface area contributed by atoms with E-state index in [0.717, 1.165) is 16.6 Å². The van der Waals surface area contributed by atoms with Crippen molar-refractivity contribution in [3.63, 3.8) is 0 Å². The topological polar surface area (TPSA) is 99.0 Å². The number of aromatic nitrogens is 4. The van der Waals surface area contributed by atoms with E-state index in [1.165, 1.54) is 10.9 Å². The van der Waals surface area contributed by atoms with E-state index < -0.39 is 5.97 Å². The van der Waals surface area contributed by atoms with Crippen molar-refractivity contribution in [3.05, 3.63) is 41.9 Å². The van der Waals surface area contributed by atoms with Crippen LogP contribution in [0, 0.1) is 0 Å². The molecule has 7 heteroatoms. The average molecular weight is 271 g/mol. The SMILES string of the molecule is Cn1nc(Cn2cc(N)c(C(=O)O)n2)c2ccccc21. The highest BCUT2D eigenvalue weighted by Crippen LogP contribution is 2.19. The zero-order valence-corrected chi connectivity index (χ0v) is 10.8. The van der Waals surface area contributed by atoms with E-state index in [1.807, 2.05) is 31.3 Å². The van der Waals surface area contributed by atoms with Gasteiger partial charge in [-0.05, 0) is 6.07 Å². The highest BCUT2D eigenvalue weighted by molar-refractivity contribution is 5.91. The number of para-hydroxylation sites is 1. The third-order valence-corrected chi connectivity index (χ3v) is 3.14. The van der Waals surface area contributed by atoms with Gasteiger partial charge in [0.1, 0.15) is 0 Å². The van der Waals surface area contributed by atoms with E-state index in [-0.39, 0.29) is 11.4 Å². The Morgan fingerprint density at radius 1 is 1.35 bits per heavy atom. The lowest BCUT2D eigenvalue weighted by Crippen LogP contribution is -2.05. The van der Waals surface area contributed by atoms with Gasteiger partial charge in [-0.15, -0.1) is 0 Å². The Hall–Kier alpha value is -2.83. The highest BCUT2D eigenvalue weighted by Gasteiger charge is 2.15. The lowest BCUT2D eigenvalue weighted by atomic mass is 10.2. The van der Waals surface area contributed by atoms with Gasteiger partial charge in [-0.25, -0.2) is 4.79 Å². The number of carboxylic acid groups (broad SMARTS) is 1. The maximum atomic E-state index is 10.9. The van der Waals surface area contributed by atoms with Crippen LogP contribution in [-0.4, -0.2) is 30.6 Å². The van der Waals surface area contributed by atoms with E-state index in [1.54, 1.807) is 4.68 Å². The molecule has 0 aliphatic carbocycles. The van der Waals surface area contributed by atoms with Crippen LogP contribution < -0.4 is 5.73 Å². The number of rotatable bonds is 3. The van der Waals surface area contributed by atoms with Gasteiger partial charge >= 0.3 is 5.97 Å². The first-order valence-corrected chi connectivity index (χ1v) is 6.03. The molecule has 0 spiro atoms. The Kier molecular flexibility index (Phi) is 2.67. The molecular weight excluding hydrogens is 258 g/mol. The minimum atomic E-state index is -1.13. The van der Waals surface area contributed by atoms with Crippen molar-refractivity contribution in [1.29, 1.82) is 0 Å². The van der Waals surface area contributed by atoms with E-state index in [9.17, 15) is 4.79 Å². The molecule has 3 rings (SSSR count). The summed E-state index contributed by atoms with van der Waals surface area (Å²) in [5.41, 5.74) is 7.48. The molecule has 7 nitrogen and oxygen atoms in total. The van der Waals surface area contributed by atoms with E-state index in [2.05, 4.69) is 10.2 Å². The Bertz CT molecular complexity index is 802. The van der Waals surface area contributed by atoms with Crippen LogP contribution in [0.1, 0.15) is 16.2 Å². The van der Waals surface area contributed by atoms with E-state index in [4.69, 9.17) is 10.8 Å². The summed E-state index contributed by atoms with van der Waals surface area (Å²) in [6, 6.07) is 7.84. The number of hydrogen-bond acceptors (Lipinski definition) is 4. The number of benzene rings is 1. The molecule has 102 valence electrons. The van der Waals surface area contributed by atoms with Crippen molar-refractivity contribution in [1.82, 2.24) is 19.6 Å². The van der Waals surface area contributed by atoms with Crippen LogP contribution >= 0.6 is 0 Å². The molecule has 0 fully saturated rings. The molecule has 0 saturated carbocycles.